The molecule has 1 atom stereocenters. The highest BCUT2D eigenvalue weighted by atomic mass is 16.5. The number of hydrogen-bond acceptors (Lipinski definition) is 8. The van der Waals surface area contributed by atoms with Crippen LogP contribution in [0.4, 0.5) is 5.69 Å². The summed E-state index contributed by atoms with van der Waals surface area (Å²) in [5.41, 5.74) is 4.26. The molecule has 0 spiro atoms. The summed E-state index contributed by atoms with van der Waals surface area (Å²) in [7, 11) is 1.27. The van der Waals surface area contributed by atoms with Gasteiger partial charge >= 0.3 is 5.97 Å². The SMILES string of the molecule is COC(=O)C[C@@H]1Nc2ccc(C(=O)NCc3nc4ccccc4[nH]3)cc2CN(CCCCN2C(=O)c3ccccc3C2=O)C1=O. The quantitative estimate of drug-likeness (QED) is 0.141. The third kappa shape index (κ3) is 6.12. The molecule has 3 N–H and O–H groups in total. The zero-order valence-corrected chi connectivity index (χ0v) is 24.7. The van der Waals surface area contributed by atoms with Crippen LogP contribution in [-0.2, 0) is 27.4 Å². The van der Waals surface area contributed by atoms with Gasteiger partial charge in [-0.1, -0.05) is 24.3 Å². The van der Waals surface area contributed by atoms with Crippen molar-refractivity contribution in [3.63, 3.8) is 0 Å². The Bertz CT molecular complexity index is 1750. The molecule has 230 valence electrons. The van der Waals surface area contributed by atoms with Crippen molar-refractivity contribution in [3.8, 4) is 0 Å². The molecule has 2 aliphatic heterocycles. The number of anilines is 1. The van der Waals surface area contributed by atoms with E-state index in [1.165, 1.54) is 12.0 Å². The van der Waals surface area contributed by atoms with Gasteiger partial charge in [-0.2, -0.15) is 0 Å². The summed E-state index contributed by atoms with van der Waals surface area (Å²) in [5.74, 6) is -1.12. The van der Waals surface area contributed by atoms with Gasteiger partial charge in [-0.15, -0.1) is 0 Å². The number of imidazole rings is 1. The summed E-state index contributed by atoms with van der Waals surface area (Å²) >= 11 is 0. The lowest BCUT2D eigenvalue weighted by atomic mass is 10.1. The van der Waals surface area contributed by atoms with Gasteiger partial charge in [0, 0.05) is 30.9 Å². The monoisotopic (exact) mass is 608 g/mol. The Morgan fingerprint density at radius 1 is 0.956 bits per heavy atom. The third-order valence-corrected chi connectivity index (χ3v) is 8.06. The van der Waals surface area contributed by atoms with Crippen molar-refractivity contribution in [2.75, 3.05) is 25.5 Å². The number of H-pyrrole nitrogens is 1. The Kier molecular flexibility index (Phi) is 8.28. The van der Waals surface area contributed by atoms with Gasteiger partial charge < -0.3 is 25.3 Å². The first kappa shape index (κ1) is 29.5. The predicted molar refractivity (Wildman–Crippen MR) is 164 cm³/mol. The molecule has 1 aromatic heterocycles. The van der Waals surface area contributed by atoms with Crippen LogP contribution in [0.3, 0.4) is 0 Å². The minimum atomic E-state index is -0.859. The lowest BCUT2D eigenvalue weighted by Gasteiger charge is -2.24. The number of aromatic amines is 1. The van der Waals surface area contributed by atoms with Gasteiger partial charge in [0.15, 0.2) is 0 Å². The summed E-state index contributed by atoms with van der Waals surface area (Å²) in [6.45, 7) is 0.964. The van der Waals surface area contributed by atoms with Crippen molar-refractivity contribution in [2.45, 2.75) is 38.4 Å². The molecule has 0 bridgehead atoms. The number of amides is 4. The van der Waals surface area contributed by atoms with Crippen LogP contribution >= 0.6 is 0 Å². The average Bonchev–Trinajstić information content (AvgIpc) is 3.54. The van der Waals surface area contributed by atoms with Gasteiger partial charge in [0.2, 0.25) is 5.91 Å². The standard InChI is InChI=1S/C33H32N6O6/c1-45-29(40)17-27-33(44)38(14-6-7-15-39-31(42)22-8-2-3-9-23(22)32(39)43)19-21-16-20(12-13-24(21)35-27)30(41)34-18-28-36-25-10-4-5-11-26(25)37-28/h2-5,8-13,16,27,35H,6-7,14-15,17-19H2,1H3,(H,34,41)(H,36,37)/t27-/m0/s1. The Morgan fingerprint density at radius 3 is 2.40 bits per heavy atom. The van der Waals surface area contributed by atoms with Crippen LogP contribution in [0.25, 0.3) is 11.0 Å². The molecule has 6 rings (SSSR count). The van der Waals surface area contributed by atoms with E-state index in [1.54, 1.807) is 47.4 Å². The molecule has 4 aromatic rings. The van der Waals surface area contributed by atoms with Crippen molar-refractivity contribution >= 4 is 46.3 Å². The fourth-order valence-electron chi connectivity index (χ4n) is 5.71. The number of esters is 1. The number of fused-ring (bicyclic) bond motifs is 3. The van der Waals surface area contributed by atoms with Crippen molar-refractivity contribution in [1.29, 1.82) is 0 Å². The number of rotatable bonds is 10. The molecule has 2 aliphatic rings. The number of hydrogen-bond donors (Lipinski definition) is 3. The summed E-state index contributed by atoms with van der Waals surface area (Å²) < 4.78 is 4.82. The fraction of sp³-hybridized carbons (Fsp3) is 0.273. The topological polar surface area (TPSA) is 154 Å². The lowest BCUT2D eigenvalue weighted by Crippen LogP contribution is -2.42. The number of benzene rings is 3. The molecule has 3 heterocycles. The molecule has 0 radical (unpaired) electrons. The zero-order chi connectivity index (χ0) is 31.5. The Labute approximate surface area is 258 Å². The number of para-hydroxylation sites is 2. The number of nitrogens with zero attached hydrogens (tertiary/aromatic N) is 3. The van der Waals surface area contributed by atoms with E-state index in [2.05, 4.69) is 20.6 Å². The van der Waals surface area contributed by atoms with Crippen LogP contribution in [0.5, 0.6) is 0 Å². The molecule has 3 aromatic carbocycles. The van der Waals surface area contributed by atoms with Gasteiger partial charge in [-0.3, -0.25) is 28.9 Å². The van der Waals surface area contributed by atoms with Crippen molar-refractivity contribution < 1.29 is 28.7 Å². The van der Waals surface area contributed by atoms with Crippen LogP contribution in [0.2, 0.25) is 0 Å². The van der Waals surface area contributed by atoms with E-state index in [0.717, 1.165) is 11.0 Å². The number of unbranched alkanes of at least 4 members (excludes halogenated alkanes) is 1. The maximum Gasteiger partial charge on any atom is 0.308 e. The molecular weight excluding hydrogens is 576 g/mol. The van der Waals surface area contributed by atoms with E-state index in [-0.39, 0.29) is 49.7 Å². The number of methoxy groups -OCH3 is 1. The van der Waals surface area contributed by atoms with E-state index in [9.17, 15) is 24.0 Å². The fourth-order valence-corrected chi connectivity index (χ4v) is 5.71. The van der Waals surface area contributed by atoms with Crippen LogP contribution in [0, 0.1) is 0 Å². The molecule has 0 aliphatic carbocycles. The third-order valence-electron chi connectivity index (χ3n) is 8.06. The van der Waals surface area contributed by atoms with E-state index < -0.39 is 12.0 Å². The second-order valence-corrected chi connectivity index (χ2v) is 11.0. The predicted octanol–water partition coefficient (Wildman–Crippen LogP) is 3.26. The molecule has 0 unspecified atom stereocenters. The van der Waals surface area contributed by atoms with Gasteiger partial charge in [-0.05, 0) is 60.9 Å². The van der Waals surface area contributed by atoms with Crippen molar-refractivity contribution in [2.24, 2.45) is 0 Å². The van der Waals surface area contributed by atoms with Crippen LogP contribution in [-0.4, -0.2) is 75.6 Å². The summed E-state index contributed by atoms with van der Waals surface area (Å²) in [4.78, 5) is 74.8. The second kappa shape index (κ2) is 12.6. The Hall–Kier alpha value is -5.52. The summed E-state index contributed by atoms with van der Waals surface area (Å²) in [5, 5.41) is 6.05. The largest absolute Gasteiger partial charge is 0.469 e. The maximum atomic E-state index is 13.6. The number of ether oxygens (including phenoxy) is 1. The Balaban J connectivity index is 1.13. The summed E-state index contributed by atoms with van der Waals surface area (Å²) in [6.07, 6.45) is 0.832. The first-order chi connectivity index (χ1) is 21.8. The maximum absolute atomic E-state index is 13.6. The molecule has 12 nitrogen and oxygen atoms in total. The molecule has 0 saturated carbocycles. The molecule has 0 saturated heterocycles. The molecule has 0 fully saturated rings. The first-order valence-corrected chi connectivity index (χ1v) is 14.7. The second-order valence-electron chi connectivity index (χ2n) is 11.0. The van der Waals surface area contributed by atoms with Crippen molar-refractivity contribution in [1.82, 2.24) is 25.1 Å². The van der Waals surface area contributed by atoms with Crippen LogP contribution in [0.1, 0.15) is 61.7 Å². The Morgan fingerprint density at radius 2 is 1.67 bits per heavy atom. The highest BCUT2D eigenvalue weighted by Gasteiger charge is 2.35. The minimum absolute atomic E-state index is 0.167. The van der Waals surface area contributed by atoms with E-state index in [1.807, 2.05) is 24.3 Å². The van der Waals surface area contributed by atoms with Crippen LogP contribution < -0.4 is 10.6 Å². The number of aromatic nitrogens is 2. The zero-order valence-electron chi connectivity index (χ0n) is 24.7. The van der Waals surface area contributed by atoms with Crippen LogP contribution in [0.15, 0.2) is 66.7 Å². The van der Waals surface area contributed by atoms with Crippen molar-refractivity contribution in [3.05, 3.63) is 94.8 Å². The number of carbonyl (C=O) groups is 5. The smallest absolute Gasteiger partial charge is 0.308 e. The van der Waals surface area contributed by atoms with Gasteiger partial charge in [0.05, 0.1) is 42.2 Å². The summed E-state index contributed by atoms with van der Waals surface area (Å²) in [6, 6.07) is 18.6. The molecule has 4 amide bonds. The van der Waals surface area contributed by atoms with Gasteiger partial charge in [-0.25, -0.2) is 4.98 Å². The highest BCUT2D eigenvalue weighted by molar-refractivity contribution is 6.21. The number of carbonyl (C=O) groups excluding carboxylic acids is 5. The lowest BCUT2D eigenvalue weighted by molar-refractivity contribution is -0.144. The van der Waals surface area contributed by atoms with Gasteiger partial charge in [0.1, 0.15) is 11.9 Å². The average molecular weight is 609 g/mol. The van der Waals surface area contributed by atoms with E-state index in [0.29, 0.717) is 53.2 Å². The van der Waals surface area contributed by atoms with E-state index >= 15 is 0 Å². The minimum Gasteiger partial charge on any atom is -0.469 e. The normalized spacial score (nSPS) is 15.8. The first-order valence-electron chi connectivity index (χ1n) is 14.7. The number of imide groups is 1. The number of nitrogens with one attached hydrogen (secondary N) is 3. The van der Waals surface area contributed by atoms with Gasteiger partial charge in [0.25, 0.3) is 17.7 Å². The highest BCUT2D eigenvalue weighted by Crippen LogP contribution is 2.27. The van der Waals surface area contributed by atoms with E-state index in [4.69, 9.17) is 4.74 Å². The molecule has 45 heavy (non-hydrogen) atoms. The molecular formula is C33H32N6O6. The molecule has 12 heteroatoms.